The average Bonchev–Trinajstić information content (AvgIpc) is 3.19. The van der Waals surface area contributed by atoms with Gasteiger partial charge in [0.15, 0.2) is 0 Å². The van der Waals surface area contributed by atoms with E-state index in [1.807, 2.05) is 24.3 Å². The van der Waals surface area contributed by atoms with Crippen molar-refractivity contribution >= 4 is 40.6 Å². The van der Waals surface area contributed by atoms with E-state index in [2.05, 4.69) is 15.4 Å². The number of benzene rings is 1. The summed E-state index contributed by atoms with van der Waals surface area (Å²) in [6.07, 6.45) is 3.61. The van der Waals surface area contributed by atoms with E-state index >= 15 is 0 Å². The predicted molar refractivity (Wildman–Crippen MR) is 119 cm³/mol. The number of carbonyl (C=O) groups is 1. The van der Waals surface area contributed by atoms with Gasteiger partial charge in [-0.3, -0.25) is 9.48 Å². The maximum absolute atomic E-state index is 13.2. The first-order valence-electron chi connectivity index (χ1n) is 9.75. The average molecular weight is 462 g/mol. The van der Waals surface area contributed by atoms with Gasteiger partial charge in [-0.1, -0.05) is 41.4 Å². The molecule has 1 aliphatic heterocycles. The van der Waals surface area contributed by atoms with Crippen molar-refractivity contribution in [2.45, 2.75) is 19.0 Å². The monoisotopic (exact) mass is 461 g/mol. The van der Waals surface area contributed by atoms with E-state index in [1.54, 1.807) is 21.8 Å². The van der Waals surface area contributed by atoms with Crippen molar-refractivity contribution in [1.82, 2.24) is 14.8 Å². The maximum atomic E-state index is 13.2. The van der Waals surface area contributed by atoms with E-state index in [4.69, 9.17) is 23.2 Å². The summed E-state index contributed by atoms with van der Waals surface area (Å²) in [5, 5.41) is 26.9. The molecule has 4 rings (SSSR count). The molecule has 1 aliphatic rings. The first-order chi connectivity index (χ1) is 15.0. The van der Waals surface area contributed by atoms with Gasteiger partial charge in [0.05, 0.1) is 60.2 Å². The highest BCUT2D eigenvalue weighted by molar-refractivity contribution is 6.34. The molecule has 10 heteroatoms. The van der Waals surface area contributed by atoms with Gasteiger partial charge in [0.2, 0.25) is 0 Å². The maximum Gasteiger partial charge on any atom is 0.261 e. The van der Waals surface area contributed by atoms with E-state index in [9.17, 15) is 15.0 Å². The molecular weight excluding hydrogens is 441 g/mol. The van der Waals surface area contributed by atoms with E-state index < -0.39 is 6.04 Å². The van der Waals surface area contributed by atoms with Gasteiger partial charge in [-0.25, -0.2) is 4.98 Å². The first-order valence-corrected chi connectivity index (χ1v) is 10.5. The second-order valence-electron chi connectivity index (χ2n) is 7.19. The molecule has 1 aromatic carbocycles. The van der Waals surface area contributed by atoms with Gasteiger partial charge in [-0.15, -0.1) is 0 Å². The smallest absolute Gasteiger partial charge is 0.261 e. The topological polar surface area (TPSA) is 104 Å². The summed E-state index contributed by atoms with van der Waals surface area (Å²) in [7, 11) is 0. The number of aliphatic hydroxyl groups excluding tert-OH is 2. The normalized spacial score (nSPS) is 13.6. The van der Waals surface area contributed by atoms with E-state index in [-0.39, 0.29) is 19.1 Å². The number of pyridine rings is 1. The molecule has 0 bridgehead atoms. The van der Waals surface area contributed by atoms with Gasteiger partial charge in [-0.2, -0.15) is 5.10 Å². The molecule has 0 spiro atoms. The lowest BCUT2D eigenvalue weighted by Gasteiger charge is -2.28. The van der Waals surface area contributed by atoms with Crippen LogP contribution in [-0.4, -0.2) is 56.7 Å². The number of nitrogens with one attached hydrogen (secondary N) is 1. The van der Waals surface area contributed by atoms with Crippen molar-refractivity contribution in [3.05, 3.63) is 69.6 Å². The summed E-state index contributed by atoms with van der Waals surface area (Å²) in [5.41, 5.74) is 2.80. The molecule has 0 radical (unpaired) electrons. The molecule has 31 heavy (non-hydrogen) atoms. The van der Waals surface area contributed by atoms with Gasteiger partial charge in [-0.05, 0) is 11.6 Å². The Kier molecular flexibility index (Phi) is 6.43. The van der Waals surface area contributed by atoms with Gasteiger partial charge in [0, 0.05) is 24.1 Å². The molecule has 0 unspecified atom stereocenters. The number of hydrogen-bond donors (Lipinski definition) is 3. The van der Waals surface area contributed by atoms with Crippen LogP contribution >= 0.6 is 23.2 Å². The third-order valence-electron chi connectivity index (χ3n) is 5.19. The van der Waals surface area contributed by atoms with Crippen LogP contribution in [0.4, 0.5) is 11.5 Å². The van der Waals surface area contributed by atoms with Crippen LogP contribution in [0.1, 0.15) is 21.6 Å². The first kappa shape index (κ1) is 21.6. The van der Waals surface area contributed by atoms with Crippen LogP contribution in [0.15, 0.2) is 42.7 Å². The van der Waals surface area contributed by atoms with Crippen molar-refractivity contribution in [3.8, 4) is 0 Å². The largest absolute Gasteiger partial charge is 0.394 e. The number of nitrogens with zero attached hydrogens (tertiary/aromatic N) is 4. The highest BCUT2D eigenvalue weighted by Gasteiger charge is 2.30. The standard InChI is InChI=1S/C21H21Cl2N5O3/c22-16-4-2-1-3-13(16)10-28-18-5-6-27(21(31)15(18)8-25-28)19-7-20(24-9-17(19)23)26-14(11-29)12-30/h1-4,7-9,14,29-30H,5-6,10-12H2,(H,24,26). The lowest BCUT2D eigenvalue weighted by atomic mass is 10.1. The van der Waals surface area contributed by atoms with Gasteiger partial charge in [0.25, 0.3) is 5.91 Å². The summed E-state index contributed by atoms with van der Waals surface area (Å²) >= 11 is 12.6. The lowest BCUT2D eigenvalue weighted by molar-refractivity contribution is 0.0980. The zero-order valence-corrected chi connectivity index (χ0v) is 18.0. The van der Waals surface area contributed by atoms with Crippen molar-refractivity contribution in [1.29, 1.82) is 0 Å². The van der Waals surface area contributed by atoms with Crippen LogP contribution in [0.25, 0.3) is 0 Å². The Morgan fingerprint density at radius 1 is 1.13 bits per heavy atom. The number of hydrogen-bond acceptors (Lipinski definition) is 6. The molecule has 0 saturated heterocycles. The minimum absolute atomic E-state index is 0.202. The summed E-state index contributed by atoms with van der Waals surface area (Å²) < 4.78 is 1.81. The van der Waals surface area contributed by atoms with E-state index in [0.717, 1.165) is 11.3 Å². The Labute approximate surface area is 189 Å². The number of anilines is 2. The number of aromatic nitrogens is 3. The zero-order valence-electron chi connectivity index (χ0n) is 16.5. The highest BCUT2D eigenvalue weighted by atomic mass is 35.5. The SMILES string of the molecule is O=C1c2cnn(Cc3ccccc3Cl)c2CCN1c1cc(NC(CO)CO)ncc1Cl. The minimum Gasteiger partial charge on any atom is -0.394 e. The molecule has 0 atom stereocenters. The van der Waals surface area contributed by atoms with E-state index in [1.165, 1.54) is 6.20 Å². The number of carbonyl (C=O) groups excluding carboxylic acids is 1. The molecule has 1 amide bonds. The van der Waals surface area contributed by atoms with Crippen LogP contribution in [0.3, 0.4) is 0 Å². The molecule has 3 N–H and O–H groups in total. The number of fused-ring (bicyclic) bond motifs is 1. The zero-order chi connectivity index (χ0) is 22.0. The molecule has 162 valence electrons. The lowest BCUT2D eigenvalue weighted by Crippen LogP contribution is -2.38. The van der Waals surface area contributed by atoms with Crippen LogP contribution in [0, 0.1) is 0 Å². The summed E-state index contributed by atoms with van der Waals surface area (Å²) in [6, 6.07) is 8.63. The van der Waals surface area contributed by atoms with Gasteiger partial charge in [0.1, 0.15) is 5.82 Å². The predicted octanol–water partition coefficient (Wildman–Crippen LogP) is 2.60. The minimum atomic E-state index is -0.562. The van der Waals surface area contributed by atoms with Crippen LogP contribution in [-0.2, 0) is 13.0 Å². The van der Waals surface area contributed by atoms with Crippen LogP contribution in [0.5, 0.6) is 0 Å². The van der Waals surface area contributed by atoms with Crippen molar-refractivity contribution < 1.29 is 15.0 Å². The Morgan fingerprint density at radius 2 is 1.90 bits per heavy atom. The fourth-order valence-electron chi connectivity index (χ4n) is 3.54. The van der Waals surface area contributed by atoms with E-state index in [0.29, 0.717) is 46.6 Å². The molecule has 2 aromatic heterocycles. The molecule has 8 nitrogen and oxygen atoms in total. The second kappa shape index (κ2) is 9.23. The van der Waals surface area contributed by atoms with Crippen molar-refractivity contribution in [2.75, 3.05) is 30.0 Å². The third kappa shape index (κ3) is 4.38. The number of halogens is 2. The number of aliphatic hydroxyl groups is 2. The Balaban J connectivity index is 1.59. The highest BCUT2D eigenvalue weighted by Crippen LogP contribution is 2.32. The Morgan fingerprint density at radius 3 is 2.65 bits per heavy atom. The fourth-order valence-corrected chi connectivity index (χ4v) is 3.94. The molecular formula is C21H21Cl2N5O3. The second-order valence-corrected chi connectivity index (χ2v) is 8.00. The van der Waals surface area contributed by atoms with Gasteiger partial charge < -0.3 is 20.4 Å². The van der Waals surface area contributed by atoms with Crippen molar-refractivity contribution in [2.24, 2.45) is 0 Å². The molecule has 0 aliphatic carbocycles. The Bertz CT molecular complexity index is 1100. The number of amides is 1. The Hall–Kier alpha value is -2.65. The molecule has 0 fully saturated rings. The third-order valence-corrected chi connectivity index (χ3v) is 5.85. The summed E-state index contributed by atoms with van der Waals surface area (Å²) in [4.78, 5) is 19.0. The summed E-state index contributed by atoms with van der Waals surface area (Å²) in [6.45, 7) is 0.391. The molecule has 0 saturated carbocycles. The van der Waals surface area contributed by atoms with Crippen molar-refractivity contribution in [3.63, 3.8) is 0 Å². The van der Waals surface area contributed by atoms with Crippen LogP contribution in [0.2, 0.25) is 10.0 Å². The molecule has 3 aromatic rings. The van der Waals surface area contributed by atoms with Crippen LogP contribution < -0.4 is 10.2 Å². The quantitative estimate of drug-likeness (QED) is 0.499. The fraction of sp³-hybridized carbons (Fsp3) is 0.286. The number of rotatable bonds is 7. The molecule has 3 heterocycles. The van der Waals surface area contributed by atoms with Gasteiger partial charge >= 0.3 is 0 Å². The summed E-state index contributed by atoms with van der Waals surface area (Å²) in [5.74, 6) is 0.201.